The first kappa shape index (κ1) is 13.4. The van der Waals surface area contributed by atoms with Crippen LogP contribution in [0.2, 0.25) is 0 Å². The number of hydrogen-bond acceptors (Lipinski definition) is 4. The minimum atomic E-state index is -0.516. The van der Waals surface area contributed by atoms with Crippen molar-refractivity contribution in [3.8, 4) is 29.4 Å². The molecule has 0 spiro atoms. The molecule has 0 fully saturated rings. The summed E-state index contributed by atoms with van der Waals surface area (Å²) < 4.78 is 23.6. The second kappa shape index (κ2) is 5.73. The normalized spacial score (nSPS) is 9.40. The topological polar surface area (TPSA) is 66.0 Å². The van der Waals surface area contributed by atoms with Crippen molar-refractivity contribution >= 4 is 0 Å². The average molecular weight is 268 g/mol. The Balaban J connectivity index is 2.40. The lowest BCUT2D eigenvalue weighted by Gasteiger charge is -2.09. The molecule has 2 aromatic rings. The molecule has 0 aliphatic heterocycles. The van der Waals surface area contributed by atoms with E-state index in [-0.39, 0.29) is 11.3 Å². The Bertz CT molecular complexity index is 730. The Morgan fingerprint density at radius 3 is 2.40 bits per heavy atom. The Hall–Kier alpha value is -3.05. The summed E-state index contributed by atoms with van der Waals surface area (Å²) >= 11 is 0. The highest BCUT2D eigenvalue weighted by atomic mass is 19.1. The number of halogens is 1. The standard InChI is InChI=1S/C15H9FN2O2/c1-19-13-4-10(8-17)5-14(7-13)20-15-3-2-12(16)6-11(15)9-18/h2-7H,1H3. The lowest BCUT2D eigenvalue weighted by molar-refractivity contribution is 0.408. The third-order valence-corrected chi connectivity index (χ3v) is 2.53. The summed E-state index contributed by atoms with van der Waals surface area (Å²) in [6, 6.07) is 12.1. The molecule has 4 nitrogen and oxygen atoms in total. The molecule has 20 heavy (non-hydrogen) atoms. The zero-order valence-electron chi connectivity index (χ0n) is 10.6. The number of benzene rings is 2. The lowest BCUT2D eigenvalue weighted by atomic mass is 10.2. The highest BCUT2D eigenvalue weighted by molar-refractivity contribution is 5.49. The van der Waals surface area contributed by atoms with E-state index in [1.54, 1.807) is 12.1 Å². The van der Waals surface area contributed by atoms with E-state index >= 15 is 0 Å². The van der Waals surface area contributed by atoms with Gasteiger partial charge in [-0.3, -0.25) is 0 Å². The Kier molecular flexibility index (Phi) is 3.83. The molecule has 0 amide bonds. The van der Waals surface area contributed by atoms with Crippen molar-refractivity contribution in [2.75, 3.05) is 7.11 Å². The molecule has 0 radical (unpaired) electrons. The van der Waals surface area contributed by atoms with Gasteiger partial charge in [-0.05, 0) is 30.3 Å². The van der Waals surface area contributed by atoms with Crippen molar-refractivity contribution in [3.63, 3.8) is 0 Å². The molecule has 0 unspecified atom stereocenters. The van der Waals surface area contributed by atoms with Gasteiger partial charge in [-0.15, -0.1) is 0 Å². The van der Waals surface area contributed by atoms with E-state index in [4.69, 9.17) is 20.0 Å². The van der Waals surface area contributed by atoms with Crippen LogP contribution < -0.4 is 9.47 Å². The summed E-state index contributed by atoms with van der Waals surface area (Å²) in [7, 11) is 1.47. The molecular formula is C15H9FN2O2. The summed E-state index contributed by atoms with van der Waals surface area (Å²) in [6.45, 7) is 0. The van der Waals surface area contributed by atoms with Crippen LogP contribution in [-0.2, 0) is 0 Å². The van der Waals surface area contributed by atoms with Crippen molar-refractivity contribution in [2.45, 2.75) is 0 Å². The minimum Gasteiger partial charge on any atom is -0.497 e. The first-order valence-electron chi connectivity index (χ1n) is 5.63. The fourth-order valence-electron chi connectivity index (χ4n) is 1.62. The van der Waals surface area contributed by atoms with E-state index in [9.17, 15) is 4.39 Å². The third-order valence-electron chi connectivity index (χ3n) is 2.53. The van der Waals surface area contributed by atoms with Gasteiger partial charge in [0.25, 0.3) is 0 Å². The molecule has 98 valence electrons. The maximum Gasteiger partial charge on any atom is 0.145 e. The largest absolute Gasteiger partial charge is 0.497 e. The SMILES string of the molecule is COc1cc(C#N)cc(Oc2ccc(F)cc2C#N)c1. The second-order valence-electron chi connectivity index (χ2n) is 3.86. The van der Waals surface area contributed by atoms with Gasteiger partial charge >= 0.3 is 0 Å². The van der Waals surface area contributed by atoms with Crippen LogP contribution in [0.3, 0.4) is 0 Å². The Labute approximate surface area is 115 Å². The van der Waals surface area contributed by atoms with Crippen LogP contribution in [0.1, 0.15) is 11.1 Å². The molecule has 0 aliphatic carbocycles. The van der Waals surface area contributed by atoms with E-state index in [1.165, 1.54) is 25.3 Å². The Morgan fingerprint density at radius 2 is 1.75 bits per heavy atom. The molecule has 0 saturated carbocycles. The van der Waals surface area contributed by atoms with Crippen LogP contribution in [0.5, 0.6) is 17.2 Å². The fraction of sp³-hybridized carbons (Fsp3) is 0.0667. The molecule has 0 heterocycles. The number of nitriles is 2. The van der Waals surface area contributed by atoms with Crippen LogP contribution in [-0.4, -0.2) is 7.11 Å². The van der Waals surface area contributed by atoms with Crippen LogP contribution in [0.4, 0.5) is 4.39 Å². The highest BCUT2D eigenvalue weighted by Gasteiger charge is 2.08. The van der Waals surface area contributed by atoms with Gasteiger partial charge in [0.05, 0.1) is 24.3 Å². The van der Waals surface area contributed by atoms with Gasteiger partial charge in [0.15, 0.2) is 0 Å². The summed E-state index contributed by atoms with van der Waals surface area (Å²) in [5.41, 5.74) is 0.436. The van der Waals surface area contributed by atoms with Crippen LogP contribution in [0.15, 0.2) is 36.4 Å². The van der Waals surface area contributed by atoms with Gasteiger partial charge in [0.1, 0.15) is 29.1 Å². The molecule has 2 rings (SSSR count). The first-order valence-corrected chi connectivity index (χ1v) is 5.63. The summed E-state index contributed by atoms with van der Waals surface area (Å²) in [5.74, 6) is 0.493. The summed E-state index contributed by atoms with van der Waals surface area (Å²) in [6.07, 6.45) is 0. The maximum atomic E-state index is 13.0. The summed E-state index contributed by atoms with van der Waals surface area (Å²) in [4.78, 5) is 0. The molecule has 0 bridgehead atoms. The number of hydrogen-bond donors (Lipinski definition) is 0. The monoisotopic (exact) mass is 268 g/mol. The molecule has 0 aromatic heterocycles. The van der Waals surface area contributed by atoms with Crippen LogP contribution in [0, 0.1) is 28.5 Å². The smallest absolute Gasteiger partial charge is 0.145 e. The van der Waals surface area contributed by atoms with Gasteiger partial charge in [0, 0.05) is 6.07 Å². The zero-order valence-corrected chi connectivity index (χ0v) is 10.6. The Morgan fingerprint density at radius 1 is 1.00 bits per heavy atom. The average Bonchev–Trinajstić information content (AvgIpc) is 2.48. The molecule has 0 atom stereocenters. The van der Waals surface area contributed by atoms with Gasteiger partial charge in [-0.25, -0.2) is 4.39 Å². The summed E-state index contributed by atoms with van der Waals surface area (Å²) in [5, 5.41) is 17.9. The van der Waals surface area contributed by atoms with Crippen molar-refractivity contribution < 1.29 is 13.9 Å². The molecule has 0 saturated heterocycles. The van der Waals surface area contributed by atoms with Gasteiger partial charge in [0.2, 0.25) is 0 Å². The predicted molar refractivity (Wildman–Crippen MR) is 68.9 cm³/mol. The van der Waals surface area contributed by atoms with Gasteiger partial charge in [-0.2, -0.15) is 10.5 Å². The zero-order chi connectivity index (χ0) is 14.5. The van der Waals surface area contributed by atoms with Crippen LogP contribution in [0.25, 0.3) is 0 Å². The minimum absolute atomic E-state index is 0.0753. The number of nitrogens with zero attached hydrogens (tertiary/aromatic N) is 2. The highest BCUT2D eigenvalue weighted by Crippen LogP contribution is 2.29. The molecule has 0 aliphatic rings. The van der Waals surface area contributed by atoms with E-state index in [0.29, 0.717) is 17.1 Å². The molecular weight excluding hydrogens is 259 g/mol. The third kappa shape index (κ3) is 2.85. The van der Waals surface area contributed by atoms with Crippen LogP contribution >= 0.6 is 0 Å². The first-order chi connectivity index (χ1) is 9.66. The van der Waals surface area contributed by atoms with Gasteiger partial charge in [-0.1, -0.05) is 0 Å². The number of ether oxygens (including phenoxy) is 2. The molecule has 2 aromatic carbocycles. The molecule has 5 heteroatoms. The van der Waals surface area contributed by atoms with E-state index < -0.39 is 5.82 Å². The maximum absolute atomic E-state index is 13.0. The molecule has 0 N–H and O–H groups in total. The van der Waals surface area contributed by atoms with E-state index in [0.717, 1.165) is 6.07 Å². The van der Waals surface area contributed by atoms with Crippen molar-refractivity contribution in [2.24, 2.45) is 0 Å². The predicted octanol–water partition coefficient (Wildman–Crippen LogP) is 3.37. The second-order valence-corrected chi connectivity index (χ2v) is 3.86. The van der Waals surface area contributed by atoms with Crippen molar-refractivity contribution in [1.82, 2.24) is 0 Å². The quantitative estimate of drug-likeness (QED) is 0.855. The number of rotatable bonds is 3. The fourth-order valence-corrected chi connectivity index (χ4v) is 1.62. The van der Waals surface area contributed by atoms with E-state index in [2.05, 4.69) is 0 Å². The lowest BCUT2D eigenvalue weighted by Crippen LogP contribution is -1.92. The van der Waals surface area contributed by atoms with Crippen molar-refractivity contribution in [1.29, 1.82) is 10.5 Å². The van der Waals surface area contributed by atoms with Gasteiger partial charge < -0.3 is 9.47 Å². The number of methoxy groups -OCH3 is 1. The van der Waals surface area contributed by atoms with E-state index in [1.807, 2.05) is 12.1 Å². The van der Waals surface area contributed by atoms with Crippen molar-refractivity contribution in [3.05, 3.63) is 53.3 Å².